The first-order chi connectivity index (χ1) is 16.4. The molecule has 2 aliphatic rings. The molecular weight excluding hydrogens is 420 g/mol. The van der Waals surface area contributed by atoms with Crippen molar-refractivity contribution in [1.29, 1.82) is 0 Å². The number of rotatable bonds is 4. The third kappa shape index (κ3) is 6.61. The highest BCUT2D eigenvalue weighted by Gasteiger charge is 2.20. The second kappa shape index (κ2) is 12.4. The summed E-state index contributed by atoms with van der Waals surface area (Å²) in [6.07, 6.45) is 6.02. The maximum Gasteiger partial charge on any atom is 0.120 e. The van der Waals surface area contributed by atoms with Gasteiger partial charge in [0.1, 0.15) is 11.9 Å². The third-order valence-corrected chi connectivity index (χ3v) is 6.86. The molecule has 1 N–H and O–H groups in total. The van der Waals surface area contributed by atoms with E-state index in [9.17, 15) is 0 Å². The average Bonchev–Trinajstić information content (AvgIpc) is 3.17. The lowest BCUT2D eigenvalue weighted by molar-refractivity contribution is 0.104. The summed E-state index contributed by atoms with van der Waals surface area (Å²) in [5, 5.41) is 9.13. The van der Waals surface area contributed by atoms with Crippen molar-refractivity contribution in [1.82, 2.24) is 20.0 Å². The minimum absolute atomic E-state index is 0.362. The Labute approximate surface area is 206 Å². The van der Waals surface area contributed by atoms with E-state index in [1.807, 2.05) is 13.8 Å². The number of piperidine rings is 1. The van der Waals surface area contributed by atoms with Crippen LogP contribution in [-0.2, 0) is 6.42 Å². The second-order valence-corrected chi connectivity index (χ2v) is 9.50. The van der Waals surface area contributed by atoms with Gasteiger partial charge in [-0.3, -0.25) is 4.68 Å². The molecule has 0 saturated carbocycles. The van der Waals surface area contributed by atoms with Gasteiger partial charge in [-0.15, -0.1) is 0 Å². The van der Waals surface area contributed by atoms with Crippen LogP contribution in [0.4, 0.5) is 0 Å². The van der Waals surface area contributed by atoms with Crippen molar-refractivity contribution in [2.24, 2.45) is 0 Å². The molecule has 3 aromatic rings. The van der Waals surface area contributed by atoms with Crippen LogP contribution in [-0.4, -0.2) is 54.0 Å². The zero-order valence-corrected chi connectivity index (χ0v) is 22.3. The van der Waals surface area contributed by atoms with Crippen LogP contribution in [0.25, 0.3) is 10.9 Å². The van der Waals surface area contributed by atoms with Crippen LogP contribution in [0.2, 0.25) is 0 Å². The second-order valence-electron chi connectivity index (χ2n) is 9.50. The Hall–Kier alpha value is -2.37. The summed E-state index contributed by atoms with van der Waals surface area (Å²) in [6.45, 7) is 17.0. The van der Waals surface area contributed by atoms with Crippen molar-refractivity contribution in [3.63, 3.8) is 0 Å². The van der Waals surface area contributed by atoms with Crippen molar-refractivity contribution in [3.05, 3.63) is 58.8 Å². The summed E-state index contributed by atoms with van der Waals surface area (Å²) in [5.41, 5.74) is 6.53. The van der Waals surface area contributed by atoms with Gasteiger partial charge in [-0.1, -0.05) is 26.8 Å². The van der Waals surface area contributed by atoms with Gasteiger partial charge in [0.15, 0.2) is 0 Å². The Kier molecular flexibility index (Phi) is 9.54. The molecule has 0 amide bonds. The molecule has 0 bridgehead atoms. The molecule has 2 saturated heterocycles. The first-order valence-corrected chi connectivity index (χ1v) is 13.0. The Morgan fingerprint density at radius 3 is 2.41 bits per heavy atom. The zero-order chi connectivity index (χ0) is 24.7. The molecule has 186 valence electrons. The summed E-state index contributed by atoms with van der Waals surface area (Å²) in [7, 11) is 2.17. The van der Waals surface area contributed by atoms with E-state index in [-0.39, 0.29) is 0 Å². The quantitative estimate of drug-likeness (QED) is 0.526. The molecule has 2 fully saturated rings. The highest BCUT2D eigenvalue weighted by atomic mass is 16.5. The summed E-state index contributed by atoms with van der Waals surface area (Å²) >= 11 is 0. The fourth-order valence-electron chi connectivity index (χ4n) is 4.47. The molecule has 5 rings (SSSR count). The fraction of sp³-hybridized carbons (Fsp3) is 0.552. The van der Waals surface area contributed by atoms with Gasteiger partial charge in [0.2, 0.25) is 0 Å². The van der Waals surface area contributed by atoms with Crippen LogP contribution in [0.3, 0.4) is 0 Å². The lowest BCUT2D eigenvalue weighted by Gasteiger charge is -2.30. The first kappa shape index (κ1) is 26.2. The van der Waals surface area contributed by atoms with Crippen LogP contribution in [0, 0.1) is 20.8 Å². The average molecular weight is 465 g/mol. The van der Waals surface area contributed by atoms with E-state index >= 15 is 0 Å². The minimum atomic E-state index is 0.362. The maximum atomic E-state index is 6.08. The van der Waals surface area contributed by atoms with Crippen molar-refractivity contribution < 1.29 is 4.74 Å². The Morgan fingerprint density at radius 2 is 1.76 bits per heavy atom. The molecule has 34 heavy (non-hydrogen) atoms. The number of nitrogens with zero attached hydrogens (tertiary/aromatic N) is 3. The van der Waals surface area contributed by atoms with Gasteiger partial charge >= 0.3 is 0 Å². The predicted molar refractivity (Wildman–Crippen MR) is 144 cm³/mol. The number of ether oxygens (including phenoxy) is 1. The van der Waals surface area contributed by atoms with Crippen LogP contribution in [0.1, 0.15) is 61.9 Å². The van der Waals surface area contributed by atoms with Crippen molar-refractivity contribution in [2.75, 3.05) is 33.2 Å². The highest BCUT2D eigenvalue weighted by Crippen LogP contribution is 2.22. The van der Waals surface area contributed by atoms with Crippen LogP contribution in [0.5, 0.6) is 5.75 Å². The number of hydrogen-bond donors (Lipinski definition) is 1. The SMILES string of the molecule is CC.CCc1cc(OC2CCCN(C)C2)ccc1C.Cc1cc2cn(C3CNC3)nc2cc1C. The lowest BCUT2D eigenvalue weighted by Crippen LogP contribution is -2.43. The number of aryl methyl sites for hydroxylation is 4. The Balaban J connectivity index is 0.000000179. The number of hydrogen-bond acceptors (Lipinski definition) is 4. The molecule has 5 nitrogen and oxygen atoms in total. The first-order valence-electron chi connectivity index (χ1n) is 13.0. The van der Waals surface area contributed by atoms with E-state index in [0.29, 0.717) is 12.1 Å². The number of benzene rings is 2. The fourth-order valence-corrected chi connectivity index (χ4v) is 4.47. The normalized spacial score (nSPS) is 18.4. The van der Waals surface area contributed by atoms with Crippen LogP contribution >= 0.6 is 0 Å². The summed E-state index contributed by atoms with van der Waals surface area (Å²) in [6, 6.07) is 11.4. The van der Waals surface area contributed by atoms with Crippen molar-refractivity contribution >= 4 is 10.9 Å². The maximum absolute atomic E-state index is 6.08. The summed E-state index contributed by atoms with van der Waals surface area (Å²) < 4.78 is 8.18. The third-order valence-electron chi connectivity index (χ3n) is 6.86. The summed E-state index contributed by atoms with van der Waals surface area (Å²) in [4.78, 5) is 2.35. The van der Waals surface area contributed by atoms with E-state index in [2.05, 4.69) is 91.3 Å². The highest BCUT2D eigenvalue weighted by molar-refractivity contribution is 5.79. The van der Waals surface area contributed by atoms with Crippen LogP contribution < -0.4 is 10.1 Å². The molecule has 2 aliphatic heterocycles. The predicted octanol–water partition coefficient (Wildman–Crippen LogP) is 5.85. The van der Waals surface area contributed by atoms with Gasteiger partial charge in [0, 0.05) is 31.2 Å². The number of fused-ring (bicyclic) bond motifs is 1. The number of aromatic nitrogens is 2. The van der Waals surface area contributed by atoms with Gasteiger partial charge < -0.3 is 15.0 Å². The molecular formula is C29H44N4O. The van der Waals surface area contributed by atoms with Crippen LogP contribution in [0.15, 0.2) is 36.5 Å². The molecule has 1 aromatic heterocycles. The smallest absolute Gasteiger partial charge is 0.120 e. The molecule has 3 heterocycles. The number of likely N-dealkylation sites (N-methyl/N-ethyl adjacent to an activating group) is 1. The van der Waals surface area contributed by atoms with Gasteiger partial charge in [-0.25, -0.2) is 0 Å². The molecule has 0 aliphatic carbocycles. The van der Waals surface area contributed by atoms with Crippen molar-refractivity contribution in [3.8, 4) is 5.75 Å². The summed E-state index contributed by atoms with van der Waals surface area (Å²) in [5.74, 6) is 1.03. The van der Waals surface area contributed by atoms with E-state index < -0.39 is 0 Å². The monoisotopic (exact) mass is 464 g/mol. The molecule has 5 heteroatoms. The van der Waals surface area contributed by atoms with E-state index in [1.54, 1.807) is 0 Å². The van der Waals surface area contributed by atoms with Gasteiger partial charge in [0.05, 0.1) is 11.6 Å². The Morgan fingerprint density at radius 1 is 1.03 bits per heavy atom. The molecule has 1 unspecified atom stereocenters. The van der Waals surface area contributed by atoms with Gasteiger partial charge in [-0.2, -0.15) is 5.10 Å². The Bertz CT molecular complexity index is 1010. The van der Waals surface area contributed by atoms with E-state index in [1.165, 1.54) is 47.0 Å². The van der Waals surface area contributed by atoms with E-state index in [4.69, 9.17) is 4.74 Å². The zero-order valence-electron chi connectivity index (χ0n) is 22.3. The van der Waals surface area contributed by atoms with Crippen molar-refractivity contribution in [2.45, 2.75) is 73.0 Å². The number of likely N-dealkylation sites (tertiary alicyclic amines) is 1. The lowest BCUT2D eigenvalue weighted by atomic mass is 10.1. The minimum Gasteiger partial charge on any atom is -0.489 e. The molecule has 0 radical (unpaired) electrons. The standard InChI is InChI=1S/C15H23NO.C12H15N3.C2H6/c1-4-13-10-14(8-7-12(13)2)17-15-6-5-9-16(3)11-15;1-8-3-10-7-15(11-5-13-6-11)14-12(10)4-9(8)2;1-2/h7-8,10,15H,4-6,9,11H2,1-3H3;3-4,7,11,13H,5-6H2,1-2H3;1-2H3. The van der Waals surface area contributed by atoms with E-state index in [0.717, 1.165) is 37.3 Å². The van der Waals surface area contributed by atoms with Gasteiger partial charge in [-0.05, 0) is 100 Å². The topological polar surface area (TPSA) is 42.3 Å². The molecule has 0 spiro atoms. The largest absolute Gasteiger partial charge is 0.489 e. The number of nitrogens with one attached hydrogen (secondary N) is 1. The molecule has 1 atom stereocenters. The molecule has 2 aromatic carbocycles. The van der Waals surface area contributed by atoms with Gasteiger partial charge in [0.25, 0.3) is 0 Å².